The Kier molecular flexibility index (Phi) is 3.63. The number of aryl methyl sites for hydroxylation is 1. The topological polar surface area (TPSA) is 79.8 Å². The molecule has 1 N–H and O–H groups in total. The maximum atomic E-state index is 13.5. The molecule has 2 rings (SSSR count). The van der Waals surface area contributed by atoms with Crippen molar-refractivity contribution in [2.24, 2.45) is 14.1 Å². The van der Waals surface area contributed by atoms with Crippen LogP contribution in [0, 0.1) is 24.1 Å². The Labute approximate surface area is 119 Å². The number of aromatic nitrogens is 2. The van der Waals surface area contributed by atoms with Crippen LogP contribution < -0.4 is 16.6 Å². The number of halogens is 1. The van der Waals surface area contributed by atoms with Crippen LogP contribution in [0.3, 0.4) is 0 Å². The molecule has 0 radical (unpaired) electrons. The molecule has 1 aromatic carbocycles. The Balaban J connectivity index is 2.65. The molecule has 1 aromatic heterocycles. The van der Waals surface area contributed by atoms with Gasteiger partial charge in [-0.25, -0.2) is 9.18 Å². The lowest BCUT2D eigenvalue weighted by atomic mass is 10.2. The Morgan fingerprint density at radius 1 is 1.24 bits per heavy atom. The zero-order valence-electron chi connectivity index (χ0n) is 11.8. The molecule has 0 unspecified atom stereocenters. The summed E-state index contributed by atoms with van der Waals surface area (Å²) in [6.07, 6.45) is 0. The van der Waals surface area contributed by atoms with E-state index in [1.54, 1.807) is 25.1 Å². The van der Waals surface area contributed by atoms with Crippen LogP contribution in [0.15, 0.2) is 27.8 Å². The van der Waals surface area contributed by atoms with Crippen molar-refractivity contribution in [1.29, 1.82) is 5.26 Å². The van der Waals surface area contributed by atoms with Crippen LogP contribution in [0.1, 0.15) is 11.1 Å². The molecule has 0 fully saturated rings. The van der Waals surface area contributed by atoms with E-state index in [4.69, 9.17) is 5.26 Å². The van der Waals surface area contributed by atoms with Gasteiger partial charge in [0.2, 0.25) is 0 Å². The summed E-state index contributed by atoms with van der Waals surface area (Å²) in [5, 5.41) is 11.9. The average Bonchev–Trinajstić information content (AvgIpc) is 2.46. The SMILES string of the molecule is Cc1ccc(Nc2c(C#N)c(=O)n(C)c(=O)n2C)cc1F. The normalized spacial score (nSPS) is 10.2. The minimum absolute atomic E-state index is 0.0360. The monoisotopic (exact) mass is 288 g/mol. The van der Waals surface area contributed by atoms with Gasteiger partial charge in [0, 0.05) is 19.8 Å². The van der Waals surface area contributed by atoms with Crippen molar-refractivity contribution in [3.63, 3.8) is 0 Å². The number of anilines is 2. The van der Waals surface area contributed by atoms with Gasteiger partial charge in [-0.1, -0.05) is 6.07 Å². The molecule has 1 heterocycles. The van der Waals surface area contributed by atoms with E-state index in [1.165, 1.54) is 20.2 Å². The highest BCUT2D eigenvalue weighted by Gasteiger charge is 2.15. The van der Waals surface area contributed by atoms with Gasteiger partial charge in [0.05, 0.1) is 0 Å². The lowest BCUT2D eigenvalue weighted by Gasteiger charge is -2.14. The first-order valence-corrected chi connectivity index (χ1v) is 6.10. The van der Waals surface area contributed by atoms with Crippen molar-refractivity contribution < 1.29 is 4.39 Å². The van der Waals surface area contributed by atoms with Gasteiger partial charge < -0.3 is 5.32 Å². The predicted molar refractivity (Wildman–Crippen MR) is 76.1 cm³/mol. The minimum atomic E-state index is -0.698. The molecule has 0 spiro atoms. The summed E-state index contributed by atoms with van der Waals surface area (Å²) >= 11 is 0. The lowest BCUT2D eigenvalue weighted by molar-refractivity contribution is 0.619. The zero-order valence-corrected chi connectivity index (χ0v) is 11.8. The van der Waals surface area contributed by atoms with Gasteiger partial charge in [-0.2, -0.15) is 5.26 Å². The summed E-state index contributed by atoms with van der Waals surface area (Å²) < 4.78 is 15.5. The molecule has 21 heavy (non-hydrogen) atoms. The molecule has 0 saturated heterocycles. The molecule has 2 aromatic rings. The fraction of sp³-hybridized carbons (Fsp3) is 0.214. The summed E-state index contributed by atoms with van der Waals surface area (Å²) in [6.45, 7) is 1.62. The molecular formula is C14H13FN4O2. The maximum Gasteiger partial charge on any atom is 0.332 e. The van der Waals surface area contributed by atoms with E-state index >= 15 is 0 Å². The van der Waals surface area contributed by atoms with Gasteiger partial charge in [-0.3, -0.25) is 13.9 Å². The van der Waals surface area contributed by atoms with Gasteiger partial charge in [0.25, 0.3) is 5.56 Å². The van der Waals surface area contributed by atoms with E-state index in [2.05, 4.69) is 5.32 Å². The van der Waals surface area contributed by atoms with Crippen molar-refractivity contribution in [2.45, 2.75) is 6.92 Å². The largest absolute Gasteiger partial charge is 0.340 e. The third kappa shape index (κ3) is 2.43. The number of nitrogens with one attached hydrogen (secondary N) is 1. The van der Waals surface area contributed by atoms with Crippen LogP contribution >= 0.6 is 0 Å². The number of nitriles is 1. The predicted octanol–water partition coefficient (Wildman–Crippen LogP) is 1.15. The molecule has 0 aliphatic heterocycles. The lowest BCUT2D eigenvalue weighted by Crippen LogP contribution is -2.39. The Bertz CT molecular complexity index is 874. The van der Waals surface area contributed by atoms with Crippen LogP contribution in [0.4, 0.5) is 15.9 Å². The Morgan fingerprint density at radius 3 is 2.48 bits per heavy atom. The number of hydrogen-bond donors (Lipinski definition) is 1. The molecular weight excluding hydrogens is 275 g/mol. The highest BCUT2D eigenvalue weighted by Crippen LogP contribution is 2.19. The van der Waals surface area contributed by atoms with E-state index in [1.807, 2.05) is 0 Å². The fourth-order valence-corrected chi connectivity index (χ4v) is 1.90. The zero-order chi connectivity index (χ0) is 15.7. The van der Waals surface area contributed by atoms with E-state index in [-0.39, 0.29) is 11.4 Å². The molecule has 0 amide bonds. The summed E-state index contributed by atoms with van der Waals surface area (Å²) in [5.74, 6) is -0.388. The van der Waals surface area contributed by atoms with E-state index in [0.29, 0.717) is 11.3 Å². The van der Waals surface area contributed by atoms with E-state index in [0.717, 1.165) is 9.13 Å². The van der Waals surface area contributed by atoms with Gasteiger partial charge in [0.1, 0.15) is 17.7 Å². The summed E-state index contributed by atoms with van der Waals surface area (Å²) in [7, 11) is 2.72. The van der Waals surface area contributed by atoms with Crippen LogP contribution in [0.5, 0.6) is 0 Å². The summed E-state index contributed by atoms with van der Waals surface area (Å²) in [4.78, 5) is 23.8. The molecule has 6 nitrogen and oxygen atoms in total. The molecule has 108 valence electrons. The highest BCUT2D eigenvalue weighted by atomic mass is 19.1. The number of hydrogen-bond acceptors (Lipinski definition) is 4. The van der Waals surface area contributed by atoms with E-state index < -0.39 is 17.1 Å². The number of benzene rings is 1. The fourth-order valence-electron chi connectivity index (χ4n) is 1.90. The number of rotatable bonds is 2. The average molecular weight is 288 g/mol. The molecule has 0 atom stereocenters. The second-order valence-corrected chi connectivity index (χ2v) is 4.63. The third-order valence-corrected chi connectivity index (χ3v) is 3.21. The van der Waals surface area contributed by atoms with Crippen molar-refractivity contribution in [1.82, 2.24) is 9.13 Å². The third-order valence-electron chi connectivity index (χ3n) is 3.21. The van der Waals surface area contributed by atoms with Gasteiger partial charge in [-0.15, -0.1) is 0 Å². The van der Waals surface area contributed by atoms with Gasteiger partial charge >= 0.3 is 5.69 Å². The second kappa shape index (κ2) is 5.25. The quantitative estimate of drug-likeness (QED) is 0.899. The number of nitrogens with zero attached hydrogens (tertiary/aromatic N) is 3. The second-order valence-electron chi connectivity index (χ2n) is 4.63. The van der Waals surface area contributed by atoms with Crippen molar-refractivity contribution in [3.05, 3.63) is 56.0 Å². The molecule has 0 aliphatic carbocycles. The Morgan fingerprint density at radius 2 is 1.90 bits per heavy atom. The van der Waals surface area contributed by atoms with Crippen LogP contribution in [-0.2, 0) is 14.1 Å². The standard InChI is InChI=1S/C14H13FN4O2/c1-8-4-5-9(6-11(8)15)17-12-10(7-16)13(20)19(3)14(21)18(12)2/h4-6,17H,1-3H3. The minimum Gasteiger partial charge on any atom is -0.340 e. The first-order valence-electron chi connectivity index (χ1n) is 6.10. The first-order chi connectivity index (χ1) is 9.86. The smallest absolute Gasteiger partial charge is 0.332 e. The summed E-state index contributed by atoms with van der Waals surface area (Å²) in [6, 6.07) is 6.16. The Hall–Kier alpha value is -2.88. The maximum absolute atomic E-state index is 13.5. The molecule has 7 heteroatoms. The highest BCUT2D eigenvalue weighted by molar-refractivity contribution is 5.62. The summed E-state index contributed by atoms with van der Waals surface area (Å²) in [5.41, 5.74) is -0.665. The first kappa shape index (κ1) is 14.5. The van der Waals surface area contributed by atoms with Crippen molar-refractivity contribution in [2.75, 3.05) is 5.32 Å². The van der Waals surface area contributed by atoms with E-state index in [9.17, 15) is 14.0 Å². The van der Waals surface area contributed by atoms with Crippen LogP contribution in [0.2, 0.25) is 0 Å². The van der Waals surface area contributed by atoms with Crippen LogP contribution in [-0.4, -0.2) is 9.13 Å². The molecule has 0 bridgehead atoms. The van der Waals surface area contributed by atoms with Gasteiger partial charge in [-0.05, 0) is 24.6 Å². The van der Waals surface area contributed by atoms with Crippen molar-refractivity contribution >= 4 is 11.5 Å². The molecule has 0 saturated carbocycles. The van der Waals surface area contributed by atoms with Gasteiger partial charge in [0.15, 0.2) is 5.56 Å². The molecule has 0 aliphatic rings. The van der Waals surface area contributed by atoms with Crippen LogP contribution in [0.25, 0.3) is 0 Å². The van der Waals surface area contributed by atoms with Crippen molar-refractivity contribution in [3.8, 4) is 6.07 Å².